The van der Waals surface area contributed by atoms with Gasteiger partial charge in [0.05, 0.1) is 11.6 Å². The lowest BCUT2D eigenvalue weighted by Gasteiger charge is -2.12. The van der Waals surface area contributed by atoms with Crippen LogP contribution < -0.4 is 5.73 Å². The normalized spacial score (nSPS) is 17.2. The zero-order valence-electron chi connectivity index (χ0n) is 12.5. The van der Waals surface area contributed by atoms with Gasteiger partial charge in [-0.2, -0.15) is 0 Å². The molecule has 118 valence electrons. The Morgan fingerprint density at radius 1 is 1.30 bits per heavy atom. The summed E-state index contributed by atoms with van der Waals surface area (Å²) in [5.41, 5.74) is 9.36. The maximum Gasteiger partial charge on any atom is 0.168 e. The molecule has 3 N–H and O–H groups in total. The van der Waals surface area contributed by atoms with Gasteiger partial charge < -0.3 is 10.5 Å². The molecule has 5 heteroatoms. The molecular formula is C18H17ClN2O2. The lowest BCUT2D eigenvalue weighted by Crippen LogP contribution is -2.05. The molecule has 4 nitrogen and oxygen atoms in total. The number of ether oxygens (including phenoxy) is 1. The fourth-order valence-corrected chi connectivity index (χ4v) is 3.12. The zero-order valence-corrected chi connectivity index (χ0v) is 13.3. The van der Waals surface area contributed by atoms with E-state index in [0.717, 1.165) is 30.8 Å². The second-order valence-electron chi connectivity index (χ2n) is 5.63. The van der Waals surface area contributed by atoms with E-state index in [2.05, 4.69) is 12.1 Å². The van der Waals surface area contributed by atoms with Gasteiger partial charge in [-0.25, -0.2) is 0 Å². The van der Waals surface area contributed by atoms with Crippen LogP contribution in [-0.4, -0.2) is 25.2 Å². The predicted molar refractivity (Wildman–Crippen MR) is 92.4 cm³/mol. The SMILES string of the molecule is N=C(C=O)c1cc(-c2ccc(C3CCOC3)cc2)c(Cl)cc1N. The largest absolute Gasteiger partial charge is 0.398 e. The minimum absolute atomic E-state index is 0.153. The van der Waals surface area contributed by atoms with Crippen LogP contribution in [0.25, 0.3) is 11.1 Å². The second-order valence-corrected chi connectivity index (χ2v) is 6.04. The number of carbonyl (C=O) groups excluding carboxylic acids is 1. The summed E-state index contributed by atoms with van der Waals surface area (Å²) < 4.78 is 5.42. The molecule has 0 radical (unpaired) electrons. The Labute approximate surface area is 139 Å². The van der Waals surface area contributed by atoms with Gasteiger partial charge in [0.1, 0.15) is 5.71 Å². The highest BCUT2D eigenvalue weighted by Gasteiger charge is 2.18. The van der Waals surface area contributed by atoms with Gasteiger partial charge in [0, 0.05) is 29.3 Å². The van der Waals surface area contributed by atoms with E-state index in [1.54, 1.807) is 12.1 Å². The number of nitrogens with one attached hydrogen (secondary N) is 1. The number of hydrogen-bond acceptors (Lipinski definition) is 4. The van der Waals surface area contributed by atoms with Crippen LogP contribution in [0.15, 0.2) is 36.4 Å². The number of hydrogen-bond donors (Lipinski definition) is 2. The van der Waals surface area contributed by atoms with Crippen LogP contribution in [0, 0.1) is 5.41 Å². The molecule has 1 heterocycles. The molecule has 1 saturated heterocycles. The maximum atomic E-state index is 10.9. The topological polar surface area (TPSA) is 76.2 Å². The van der Waals surface area contributed by atoms with Crippen LogP contribution >= 0.6 is 11.6 Å². The van der Waals surface area contributed by atoms with E-state index in [1.165, 1.54) is 5.56 Å². The van der Waals surface area contributed by atoms with E-state index >= 15 is 0 Å². The maximum absolute atomic E-state index is 10.9. The standard InChI is InChI=1S/C18H17ClN2O2/c19-16-8-17(20)15(18(21)9-22)7-14(16)12-3-1-11(2-4-12)13-5-6-23-10-13/h1-4,7-9,13,21H,5-6,10,20H2. The first kappa shape index (κ1) is 15.7. The van der Waals surface area contributed by atoms with Crippen LogP contribution in [0.1, 0.15) is 23.5 Å². The van der Waals surface area contributed by atoms with E-state index in [1.807, 2.05) is 12.1 Å². The lowest BCUT2D eigenvalue weighted by atomic mass is 9.94. The van der Waals surface area contributed by atoms with Gasteiger partial charge in [0.15, 0.2) is 6.29 Å². The molecule has 0 spiro atoms. The van der Waals surface area contributed by atoms with E-state index in [4.69, 9.17) is 27.5 Å². The Morgan fingerprint density at radius 2 is 2.04 bits per heavy atom. The van der Waals surface area contributed by atoms with E-state index in [0.29, 0.717) is 28.5 Å². The quantitative estimate of drug-likeness (QED) is 0.511. The average molecular weight is 329 g/mol. The monoisotopic (exact) mass is 328 g/mol. The van der Waals surface area contributed by atoms with Crippen molar-refractivity contribution in [3.63, 3.8) is 0 Å². The number of nitrogen functional groups attached to an aromatic ring is 1. The third-order valence-electron chi connectivity index (χ3n) is 4.17. The number of anilines is 1. The smallest absolute Gasteiger partial charge is 0.168 e. The van der Waals surface area contributed by atoms with E-state index in [9.17, 15) is 4.79 Å². The minimum atomic E-state index is -0.153. The van der Waals surface area contributed by atoms with Crippen molar-refractivity contribution in [3.8, 4) is 11.1 Å². The van der Waals surface area contributed by atoms with E-state index < -0.39 is 0 Å². The van der Waals surface area contributed by atoms with Gasteiger partial charge in [-0.3, -0.25) is 10.2 Å². The number of benzene rings is 2. The molecule has 0 aliphatic carbocycles. The molecule has 0 amide bonds. The Hall–Kier alpha value is -2.17. The molecule has 2 aromatic rings. The molecule has 3 rings (SSSR count). The number of halogens is 1. The molecule has 1 atom stereocenters. The van der Waals surface area contributed by atoms with Crippen molar-refractivity contribution >= 4 is 29.3 Å². The highest BCUT2D eigenvalue weighted by molar-refractivity contribution is 6.38. The highest BCUT2D eigenvalue weighted by atomic mass is 35.5. The highest BCUT2D eigenvalue weighted by Crippen LogP contribution is 2.33. The molecule has 1 unspecified atom stereocenters. The Balaban J connectivity index is 1.97. The first-order chi connectivity index (χ1) is 11.1. The predicted octanol–water partition coefficient (Wildman–Crippen LogP) is 3.66. The van der Waals surface area contributed by atoms with Gasteiger partial charge in [0.2, 0.25) is 0 Å². The van der Waals surface area contributed by atoms with Gasteiger partial charge in [-0.05, 0) is 29.7 Å². The van der Waals surface area contributed by atoms with Gasteiger partial charge in [0.25, 0.3) is 0 Å². The van der Waals surface area contributed by atoms with Crippen molar-refractivity contribution in [1.29, 1.82) is 5.41 Å². The molecule has 0 bridgehead atoms. The average Bonchev–Trinajstić information content (AvgIpc) is 3.09. The van der Waals surface area contributed by atoms with Crippen molar-refractivity contribution in [2.75, 3.05) is 18.9 Å². The van der Waals surface area contributed by atoms with Crippen molar-refractivity contribution in [1.82, 2.24) is 0 Å². The van der Waals surface area contributed by atoms with Crippen molar-refractivity contribution in [2.24, 2.45) is 0 Å². The van der Waals surface area contributed by atoms with Crippen LogP contribution in [0.5, 0.6) is 0 Å². The Morgan fingerprint density at radius 3 is 2.65 bits per heavy atom. The molecule has 1 aliphatic rings. The number of rotatable bonds is 4. The van der Waals surface area contributed by atoms with E-state index in [-0.39, 0.29) is 5.71 Å². The summed E-state index contributed by atoms with van der Waals surface area (Å²) in [5.74, 6) is 0.449. The molecule has 23 heavy (non-hydrogen) atoms. The minimum Gasteiger partial charge on any atom is -0.398 e. The van der Waals surface area contributed by atoms with Crippen molar-refractivity contribution in [3.05, 3.63) is 52.5 Å². The van der Waals surface area contributed by atoms with Crippen molar-refractivity contribution < 1.29 is 9.53 Å². The molecule has 1 aliphatic heterocycles. The summed E-state index contributed by atoms with van der Waals surface area (Å²) in [6, 6.07) is 11.4. The summed E-state index contributed by atoms with van der Waals surface area (Å²) in [4.78, 5) is 10.9. The number of nitrogens with two attached hydrogens (primary N) is 1. The van der Waals surface area contributed by atoms with Crippen LogP contribution in [0.3, 0.4) is 0 Å². The van der Waals surface area contributed by atoms with Gasteiger partial charge in [-0.1, -0.05) is 35.9 Å². The third-order valence-corrected chi connectivity index (χ3v) is 4.48. The van der Waals surface area contributed by atoms with Gasteiger partial charge >= 0.3 is 0 Å². The molecule has 0 saturated carbocycles. The second kappa shape index (κ2) is 6.52. The van der Waals surface area contributed by atoms with Crippen LogP contribution in [0.2, 0.25) is 5.02 Å². The fraction of sp³-hybridized carbons (Fsp3) is 0.222. The van der Waals surface area contributed by atoms with Gasteiger partial charge in [-0.15, -0.1) is 0 Å². The molecule has 2 aromatic carbocycles. The first-order valence-corrected chi connectivity index (χ1v) is 7.79. The Kier molecular flexibility index (Phi) is 4.46. The summed E-state index contributed by atoms with van der Waals surface area (Å²) in [6.45, 7) is 1.58. The fourth-order valence-electron chi connectivity index (χ4n) is 2.84. The lowest BCUT2D eigenvalue weighted by molar-refractivity contribution is -0.102. The Bertz CT molecular complexity index is 750. The zero-order chi connectivity index (χ0) is 16.4. The molecular weight excluding hydrogens is 312 g/mol. The number of aldehydes is 1. The first-order valence-electron chi connectivity index (χ1n) is 7.41. The summed E-state index contributed by atoms with van der Waals surface area (Å²) >= 11 is 6.29. The number of carbonyl (C=O) groups is 1. The van der Waals surface area contributed by atoms with Crippen LogP contribution in [0.4, 0.5) is 5.69 Å². The summed E-state index contributed by atoms with van der Waals surface area (Å²) in [7, 11) is 0. The summed E-state index contributed by atoms with van der Waals surface area (Å²) in [6.07, 6.45) is 1.52. The third kappa shape index (κ3) is 3.14. The van der Waals surface area contributed by atoms with Crippen molar-refractivity contribution in [2.45, 2.75) is 12.3 Å². The van der Waals surface area contributed by atoms with Crippen LogP contribution in [-0.2, 0) is 9.53 Å². The molecule has 1 fully saturated rings. The molecule has 0 aromatic heterocycles. The summed E-state index contributed by atoms with van der Waals surface area (Å²) in [5, 5.41) is 8.19.